The third-order valence-electron chi connectivity index (χ3n) is 2.66. The first-order valence-electron chi connectivity index (χ1n) is 5.16. The first-order valence-corrected chi connectivity index (χ1v) is 5.54. The fourth-order valence-electron chi connectivity index (χ4n) is 1.75. The number of nitrogens with zero attached hydrogens (tertiary/aromatic N) is 1. The van der Waals surface area contributed by atoms with Gasteiger partial charge in [-0.1, -0.05) is 11.6 Å². The van der Waals surface area contributed by atoms with Gasteiger partial charge in [-0.25, -0.2) is 0 Å². The smallest absolute Gasteiger partial charge is 0.122 e. The molecule has 0 saturated carbocycles. The summed E-state index contributed by atoms with van der Waals surface area (Å²) in [5.74, 6) is 0. The number of hydrazine groups is 1. The van der Waals surface area contributed by atoms with Crippen LogP contribution in [0.1, 0.15) is 19.8 Å². The Bertz CT molecular complexity index is 284. The molecule has 15 heavy (non-hydrogen) atoms. The van der Waals surface area contributed by atoms with Gasteiger partial charge in [0, 0.05) is 5.54 Å². The molecule has 5 heteroatoms. The van der Waals surface area contributed by atoms with Crippen molar-refractivity contribution in [2.24, 2.45) is 0 Å². The first kappa shape index (κ1) is 10.8. The van der Waals surface area contributed by atoms with Crippen molar-refractivity contribution in [3.8, 4) is 0 Å². The predicted octanol–water partition coefficient (Wildman–Crippen LogP) is 1.47. The summed E-state index contributed by atoms with van der Waals surface area (Å²) in [6, 6.07) is 0. The lowest BCUT2D eigenvalue weighted by molar-refractivity contribution is -0.164. The second-order valence-electron chi connectivity index (χ2n) is 4.16. The molecule has 0 radical (unpaired) electrons. The van der Waals surface area contributed by atoms with E-state index in [1.165, 1.54) is 11.6 Å². The normalized spacial score (nSPS) is 30.3. The number of halogens is 1. The Hall–Kier alpha value is -0.710. The van der Waals surface area contributed by atoms with E-state index in [1.54, 1.807) is 12.3 Å². The Kier molecular flexibility index (Phi) is 3.19. The Morgan fingerprint density at radius 3 is 3.20 bits per heavy atom. The second-order valence-corrected chi connectivity index (χ2v) is 4.57. The van der Waals surface area contributed by atoms with Gasteiger partial charge >= 0.3 is 0 Å². The highest BCUT2D eigenvalue weighted by Crippen LogP contribution is 2.19. The van der Waals surface area contributed by atoms with E-state index in [2.05, 4.69) is 17.7 Å². The Morgan fingerprint density at radius 2 is 2.53 bits per heavy atom. The number of rotatable bonds is 3. The molecule has 0 aliphatic carbocycles. The highest BCUT2D eigenvalue weighted by Gasteiger charge is 2.29. The van der Waals surface area contributed by atoms with Crippen molar-refractivity contribution >= 4 is 11.6 Å². The lowest BCUT2D eigenvalue weighted by Gasteiger charge is -2.29. The minimum absolute atomic E-state index is 0.0865. The van der Waals surface area contributed by atoms with Crippen molar-refractivity contribution in [3.63, 3.8) is 0 Å². The summed E-state index contributed by atoms with van der Waals surface area (Å²) in [5.41, 5.74) is 2.97. The molecule has 0 amide bonds. The largest absolute Gasteiger partial charge is 0.309 e. The van der Waals surface area contributed by atoms with Crippen LogP contribution in [0.2, 0.25) is 0 Å². The van der Waals surface area contributed by atoms with Gasteiger partial charge in [-0.3, -0.25) is 10.3 Å². The predicted molar refractivity (Wildman–Crippen MR) is 59.6 cm³/mol. The quantitative estimate of drug-likeness (QED) is 0.719. The van der Waals surface area contributed by atoms with E-state index in [9.17, 15) is 0 Å². The van der Waals surface area contributed by atoms with E-state index in [0.29, 0.717) is 11.8 Å². The summed E-state index contributed by atoms with van der Waals surface area (Å²) < 4.78 is 0. The zero-order valence-corrected chi connectivity index (χ0v) is 9.55. The maximum Gasteiger partial charge on any atom is 0.122 e. The minimum Gasteiger partial charge on any atom is -0.309 e. The summed E-state index contributed by atoms with van der Waals surface area (Å²) in [5, 5.41) is 5.53. The SMILES string of the molecule is C[C@]1(CON2C=CC=C(Cl)N2)CCCN1. The van der Waals surface area contributed by atoms with Crippen molar-refractivity contribution in [1.29, 1.82) is 0 Å². The van der Waals surface area contributed by atoms with Crippen LogP contribution >= 0.6 is 11.6 Å². The van der Waals surface area contributed by atoms with Crippen molar-refractivity contribution in [3.05, 3.63) is 23.5 Å². The molecular formula is C10H16ClN3O. The van der Waals surface area contributed by atoms with Crippen molar-refractivity contribution < 1.29 is 4.84 Å². The number of allylic oxidation sites excluding steroid dienone is 2. The van der Waals surface area contributed by atoms with Gasteiger partial charge in [0.15, 0.2) is 0 Å². The van der Waals surface area contributed by atoms with Gasteiger partial charge in [0.05, 0.1) is 12.8 Å². The lowest BCUT2D eigenvalue weighted by atomic mass is 10.0. The average Bonchev–Trinajstić information content (AvgIpc) is 2.63. The molecule has 0 unspecified atom stereocenters. The molecule has 4 nitrogen and oxygen atoms in total. The van der Waals surface area contributed by atoms with Gasteiger partial charge < -0.3 is 5.32 Å². The highest BCUT2D eigenvalue weighted by atomic mass is 35.5. The van der Waals surface area contributed by atoms with Crippen molar-refractivity contribution in [1.82, 2.24) is 15.9 Å². The van der Waals surface area contributed by atoms with E-state index in [0.717, 1.165) is 13.0 Å². The second kappa shape index (κ2) is 4.43. The van der Waals surface area contributed by atoms with Crippen LogP contribution in [0.15, 0.2) is 23.5 Å². The van der Waals surface area contributed by atoms with Crippen LogP contribution in [0, 0.1) is 0 Å². The fourth-order valence-corrected chi connectivity index (χ4v) is 1.91. The topological polar surface area (TPSA) is 36.5 Å². The zero-order valence-electron chi connectivity index (χ0n) is 8.79. The molecule has 84 valence electrons. The van der Waals surface area contributed by atoms with E-state index in [-0.39, 0.29) is 5.54 Å². The van der Waals surface area contributed by atoms with E-state index in [4.69, 9.17) is 16.4 Å². The molecule has 1 atom stereocenters. The molecule has 2 rings (SSSR count). The van der Waals surface area contributed by atoms with Crippen molar-refractivity contribution in [2.75, 3.05) is 13.2 Å². The molecule has 0 aromatic heterocycles. The maximum absolute atomic E-state index is 5.80. The molecule has 1 saturated heterocycles. The summed E-state index contributed by atoms with van der Waals surface area (Å²) in [7, 11) is 0. The van der Waals surface area contributed by atoms with Crippen LogP contribution in [0.3, 0.4) is 0 Å². The molecule has 2 aliphatic rings. The molecule has 1 fully saturated rings. The van der Waals surface area contributed by atoms with Crippen molar-refractivity contribution in [2.45, 2.75) is 25.3 Å². The molecule has 0 aromatic rings. The van der Waals surface area contributed by atoms with Crippen LogP contribution in [-0.4, -0.2) is 23.9 Å². The Balaban J connectivity index is 1.79. The number of hydroxylamine groups is 1. The van der Waals surface area contributed by atoms with Gasteiger partial charge in [0.1, 0.15) is 5.16 Å². The van der Waals surface area contributed by atoms with Crippen LogP contribution < -0.4 is 10.7 Å². The van der Waals surface area contributed by atoms with Gasteiger partial charge in [0.25, 0.3) is 0 Å². The summed E-state index contributed by atoms with van der Waals surface area (Å²) in [6.45, 7) is 3.88. The zero-order chi connectivity index (χ0) is 10.7. The maximum atomic E-state index is 5.80. The summed E-state index contributed by atoms with van der Waals surface area (Å²) in [4.78, 5) is 5.59. The Morgan fingerprint density at radius 1 is 1.67 bits per heavy atom. The fraction of sp³-hybridized carbons (Fsp3) is 0.600. The van der Waals surface area contributed by atoms with Gasteiger partial charge in [-0.05, 0) is 38.5 Å². The summed E-state index contributed by atoms with van der Waals surface area (Å²) >= 11 is 5.80. The van der Waals surface area contributed by atoms with Crippen LogP contribution in [0.5, 0.6) is 0 Å². The monoisotopic (exact) mass is 229 g/mol. The number of nitrogens with one attached hydrogen (secondary N) is 2. The molecule has 0 aromatic carbocycles. The Labute approximate surface area is 94.8 Å². The molecule has 0 bridgehead atoms. The van der Waals surface area contributed by atoms with Crippen LogP contribution in [0.4, 0.5) is 0 Å². The molecule has 0 spiro atoms. The number of hydrogen-bond acceptors (Lipinski definition) is 4. The molecule has 2 heterocycles. The van der Waals surface area contributed by atoms with Gasteiger partial charge in [-0.15, -0.1) is 0 Å². The van der Waals surface area contributed by atoms with Gasteiger partial charge in [0.2, 0.25) is 0 Å². The number of hydrogen-bond donors (Lipinski definition) is 2. The standard InChI is InChI=1S/C10H16ClN3O/c1-10(5-3-6-12-10)8-15-14-7-2-4-9(11)13-14/h2,4,7,12-13H,3,5-6,8H2,1H3/t10-/m1/s1. The molecule has 2 aliphatic heterocycles. The lowest BCUT2D eigenvalue weighted by Crippen LogP contribution is -2.45. The first-order chi connectivity index (χ1) is 7.18. The average molecular weight is 230 g/mol. The highest BCUT2D eigenvalue weighted by molar-refractivity contribution is 6.29. The van der Waals surface area contributed by atoms with E-state index >= 15 is 0 Å². The third kappa shape index (κ3) is 2.87. The van der Waals surface area contributed by atoms with Crippen LogP contribution in [0.25, 0.3) is 0 Å². The molecular weight excluding hydrogens is 214 g/mol. The minimum atomic E-state index is 0.0865. The van der Waals surface area contributed by atoms with Crippen LogP contribution in [-0.2, 0) is 4.84 Å². The van der Waals surface area contributed by atoms with E-state index in [1.807, 2.05) is 6.08 Å². The van der Waals surface area contributed by atoms with Gasteiger partial charge in [-0.2, -0.15) is 5.17 Å². The van der Waals surface area contributed by atoms with E-state index < -0.39 is 0 Å². The third-order valence-corrected chi connectivity index (χ3v) is 2.87. The summed E-state index contributed by atoms with van der Waals surface area (Å²) in [6.07, 6.45) is 7.77. The molecule has 2 N–H and O–H groups in total.